The number of alkyl halides is 2. The molecule has 0 aliphatic rings. The molecule has 1 N–H and O–H groups in total. The molecular formula is C18H13BrF3N3O2. The van der Waals surface area contributed by atoms with Crippen LogP contribution in [-0.4, -0.2) is 22.3 Å². The van der Waals surface area contributed by atoms with Crippen LogP contribution in [0.15, 0.2) is 59.2 Å². The quantitative estimate of drug-likeness (QED) is 0.622. The average molecular weight is 440 g/mol. The molecule has 1 heterocycles. The normalized spacial score (nSPS) is 10.9. The van der Waals surface area contributed by atoms with Gasteiger partial charge < -0.3 is 10.1 Å². The van der Waals surface area contributed by atoms with Crippen LogP contribution in [0.5, 0.6) is 5.75 Å². The second kappa shape index (κ2) is 8.26. The van der Waals surface area contributed by atoms with Crippen molar-refractivity contribution in [2.45, 2.75) is 13.2 Å². The molecule has 0 bridgehead atoms. The first-order chi connectivity index (χ1) is 12.9. The van der Waals surface area contributed by atoms with Gasteiger partial charge in [-0.05, 0) is 48.5 Å². The maximum absolute atomic E-state index is 13.0. The maximum Gasteiger partial charge on any atom is 0.387 e. The van der Waals surface area contributed by atoms with E-state index in [0.29, 0.717) is 15.7 Å². The molecule has 0 aliphatic carbocycles. The summed E-state index contributed by atoms with van der Waals surface area (Å²) in [7, 11) is 0. The molecule has 0 aliphatic heterocycles. The molecule has 3 rings (SSSR count). The lowest BCUT2D eigenvalue weighted by Crippen LogP contribution is -2.24. The summed E-state index contributed by atoms with van der Waals surface area (Å²) in [5.74, 6) is -0.885. The van der Waals surface area contributed by atoms with E-state index in [1.807, 2.05) is 0 Å². The third-order valence-electron chi connectivity index (χ3n) is 3.59. The Morgan fingerprint density at radius 3 is 2.63 bits per heavy atom. The van der Waals surface area contributed by atoms with Gasteiger partial charge in [0.05, 0.1) is 5.69 Å². The SMILES string of the molecule is O=C(NCc1cc(Br)ccc1OC(F)F)c1ccn(-c2ccc(F)cc2)n1. The van der Waals surface area contributed by atoms with Crippen molar-refractivity contribution in [1.29, 1.82) is 0 Å². The van der Waals surface area contributed by atoms with Crippen LogP contribution in [0.25, 0.3) is 5.69 Å². The largest absolute Gasteiger partial charge is 0.434 e. The van der Waals surface area contributed by atoms with Gasteiger partial charge in [0, 0.05) is 22.8 Å². The van der Waals surface area contributed by atoms with E-state index in [2.05, 4.69) is 31.1 Å². The fraction of sp³-hybridized carbons (Fsp3) is 0.111. The number of carbonyl (C=O) groups is 1. The van der Waals surface area contributed by atoms with Gasteiger partial charge in [-0.3, -0.25) is 4.79 Å². The first-order valence-corrected chi connectivity index (χ1v) is 8.55. The summed E-state index contributed by atoms with van der Waals surface area (Å²) in [6.45, 7) is -2.99. The molecule has 0 unspecified atom stereocenters. The van der Waals surface area contributed by atoms with E-state index in [9.17, 15) is 18.0 Å². The second-order valence-electron chi connectivity index (χ2n) is 5.44. The van der Waals surface area contributed by atoms with Crippen molar-refractivity contribution < 1.29 is 22.7 Å². The summed E-state index contributed by atoms with van der Waals surface area (Å²) in [6.07, 6.45) is 1.56. The number of halogens is 4. The van der Waals surface area contributed by atoms with Crippen molar-refractivity contribution in [3.8, 4) is 11.4 Å². The molecule has 140 valence electrons. The molecule has 5 nitrogen and oxygen atoms in total. The molecule has 1 amide bonds. The van der Waals surface area contributed by atoms with Gasteiger partial charge in [0.15, 0.2) is 5.69 Å². The van der Waals surface area contributed by atoms with Gasteiger partial charge in [-0.15, -0.1) is 0 Å². The monoisotopic (exact) mass is 439 g/mol. The van der Waals surface area contributed by atoms with Crippen LogP contribution in [0.1, 0.15) is 16.1 Å². The van der Waals surface area contributed by atoms with Gasteiger partial charge in [-0.1, -0.05) is 15.9 Å². The zero-order valence-corrected chi connectivity index (χ0v) is 15.3. The lowest BCUT2D eigenvalue weighted by Gasteiger charge is -2.11. The first-order valence-electron chi connectivity index (χ1n) is 7.75. The zero-order valence-electron chi connectivity index (χ0n) is 13.7. The summed E-state index contributed by atoms with van der Waals surface area (Å²) < 4.78 is 44.5. The van der Waals surface area contributed by atoms with Crippen molar-refractivity contribution in [3.63, 3.8) is 0 Å². The fourth-order valence-corrected chi connectivity index (χ4v) is 2.75. The van der Waals surface area contributed by atoms with Gasteiger partial charge in [0.2, 0.25) is 0 Å². The van der Waals surface area contributed by atoms with Crippen LogP contribution < -0.4 is 10.1 Å². The third-order valence-corrected chi connectivity index (χ3v) is 4.08. The minimum Gasteiger partial charge on any atom is -0.434 e. The molecule has 27 heavy (non-hydrogen) atoms. The topological polar surface area (TPSA) is 56.1 Å². The van der Waals surface area contributed by atoms with Crippen molar-refractivity contribution in [1.82, 2.24) is 15.1 Å². The van der Waals surface area contributed by atoms with Gasteiger partial charge >= 0.3 is 6.61 Å². The van der Waals surface area contributed by atoms with E-state index < -0.39 is 12.5 Å². The van der Waals surface area contributed by atoms with E-state index in [-0.39, 0.29) is 23.8 Å². The Balaban J connectivity index is 1.70. The van der Waals surface area contributed by atoms with Crippen molar-refractivity contribution in [2.75, 3.05) is 0 Å². The van der Waals surface area contributed by atoms with Gasteiger partial charge in [0.25, 0.3) is 5.91 Å². The maximum atomic E-state index is 13.0. The van der Waals surface area contributed by atoms with Crippen molar-refractivity contribution in [2.24, 2.45) is 0 Å². The Hall–Kier alpha value is -2.81. The van der Waals surface area contributed by atoms with Crippen LogP contribution in [-0.2, 0) is 6.54 Å². The lowest BCUT2D eigenvalue weighted by atomic mass is 10.2. The minimum atomic E-state index is -2.97. The zero-order chi connectivity index (χ0) is 19.4. The highest BCUT2D eigenvalue weighted by Crippen LogP contribution is 2.24. The van der Waals surface area contributed by atoms with Gasteiger partial charge in [0.1, 0.15) is 11.6 Å². The highest BCUT2D eigenvalue weighted by atomic mass is 79.9. The number of ether oxygens (including phenoxy) is 1. The summed E-state index contributed by atoms with van der Waals surface area (Å²) in [5, 5.41) is 6.74. The number of nitrogens with zero attached hydrogens (tertiary/aromatic N) is 2. The number of rotatable bonds is 6. The number of hydrogen-bond donors (Lipinski definition) is 1. The van der Waals surface area contributed by atoms with E-state index >= 15 is 0 Å². The molecule has 0 fully saturated rings. The molecule has 3 aromatic rings. The Kier molecular flexibility index (Phi) is 5.80. The highest BCUT2D eigenvalue weighted by molar-refractivity contribution is 9.10. The standard InChI is InChI=1S/C18H13BrF3N3O2/c19-12-1-6-16(27-18(21)22)11(9-12)10-23-17(26)15-7-8-25(24-15)14-4-2-13(20)3-5-14/h1-9,18H,10H2,(H,23,26). The Bertz CT molecular complexity index is 945. The van der Waals surface area contributed by atoms with Crippen LogP contribution in [0.4, 0.5) is 13.2 Å². The van der Waals surface area contributed by atoms with Gasteiger partial charge in [-0.2, -0.15) is 13.9 Å². The molecule has 0 saturated heterocycles. The van der Waals surface area contributed by atoms with Crippen LogP contribution >= 0.6 is 15.9 Å². The number of carbonyl (C=O) groups excluding carboxylic acids is 1. The molecule has 0 saturated carbocycles. The number of nitrogens with one attached hydrogen (secondary N) is 1. The van der Waals surface area contributed by atoms with Crippen LogP contribution in [0.3, 0.4) is 0 Å². The Morgan fingerprint density at radius 2 is 1.93 bits per heavy atom. The molecule has 0 atom stereocenters. The second-order valence-corrected chi connectivity index (χ2v) is 6.35. The van der Waals surface area contributed by atoms with E-state index in [1.54, 1.807) is 18.3 Å². The van der Waals surface area contributed by atoms with E-state index in [4.69, 9.17) is 0 Å². The lowest BCUT2D eigenvalue weighted by molar-refractivity contribution is -0.0504. The van der Waals surface area contributed by atoms with Crippen molar-refractivity contribution >= 4 is 21.8 Å². The predicted octanol–water partition coefficient (Wildman–Crippen LogP) is 4.31. The predicted molar refractivity (Wildman–Crippen MR) is 95.5 cm³/mol. The number of aromatic nitrogens is 2. The number of hydrogen-bond acceptors (Lipinski definition) is 3. The van der Waals surface area contributed by atoms with Crippen LogP contribution in [0, 0.1) is 5.82 Å². The smallest absolute Gasteiger partial charge is 0.387 e. The third kappa shape index (κ3) is 4.88. The summed E-state index contributed by atoms with van der Waals surface area (Å²) in [5.41, 5.74) is 1.11. The molecular weight excluding hydrogens is 427 g/mol. The van der Waals surface area contributed by atoms with Crippen LogP contribution in [0.2, 0.25) is 0 Å². The number of amides is 1. The number of benzene rings is 2. The molecule has 9 heteroatoms. The fourth-order valence-electron chi connectivity index (χ4n) is 2.35. The highest BCUT2D eigenvalue weighted by Gasteiger charge is 2.14. The van der Waals surface area contributed by atoms with E-state index in [0.717, 1.165) is 0 Å². The Labute approximate surface area is 160 Å². The molecule has 1 aromatic heterocycles. The summed E-state index contributed by atoms with van der Waals surface area (Å²) >= 11 is 3.25. The molecule has 0 radical (unpaired) electrons. The first kappa shape index (κ1) is 19.0. The Morgan fingerprint density at radius 1 is 1.19 bits per heavy atom. The summed E-state index contributed by atoms with van der Waals surface area (Å²) in [6, 6.07) is 11.7. The summed E-state index contributed by atoms with van der Waals surface area (Å²) in [4.78, 5) is 12.3. The van der Waals surface area contributed by atoms with Gasteiger partial charge in [-0.25, -0.2) is 9.07 Å². The van der Waals surface area contributed by atoms with Crippen molar-refractivity contribution in [3.05, 3.63) is 76.3 Å². The minimum absolute atomic E-state index is 0.0228. The molecule has 0 spiro atoms. The van der Waals surface area contributed by atoms with E-state index in [1.165, 1.54) is 41.1 Å². The average Bonchev–Trinajstić information content (AvgIpc) is 3.12. The molecule has 2 aromatic carbocycles.